The highest BCUT2D eigenvalue weighted by Crippen LogP contribution is 2.48. The van der Waals surface area contributed by atoms with E-state index in [0.717, 1.165) is 4.90 Å². The molecule has 2 aliphatic rings. The van der Waals surface area contributed by atoms with E-state index in [2.05, 4.69) is 5.32 Å². The lowest BCUT2D eigenvalue weighted by molar-refractivity contribution is -0.152. The summed E-state index contributed by atoms with van der Waals surface area (Å²) in [7, 11) is 2.62. The maximum Gasteiger partial charge on any atom is 0.326 e. The van der Waals surface area contributed by atoms with Gasteiger partial charge < -0.3 is 4.74 Å². The standard InChI is InChI=1S/C16H17FN2O4/c1-16(15(22)23-3)11-10(13(20)19(2)14(11)21)12(18-16)8-5-4-6-9(17)7-8/h4-7,10-12,18H,1-3H3/t10-,11+,12-,16-/m0/s1. The van der Waals surface area contributed by atoms with E-state index in [-0.39, 0.29) is 5.91 Å². The van der Waals surface area contributed by atoms with Gasteiger partial charge in [-0.25, -0.2) is 4.39 Å². The van der Waals surface area contributed by atoms with Crippen LogP contribution in [0.25, 0.3) is 0 Å². The Morgan fingerprint density at radius 2 is 2.04 bits per heavy atom. The number of ether oxygens (including phenoxy) is 1. The van der Waals surface area contributed by atoms with Crippen LogP contribution >= 0.6 is 0 Å². The molecule has 23 heavy (non-hydrogen) atoms. The van der Waals surface area contributed by atoms with Gasteiger partial charge in [-0.1, -0.05) is 12.1 Å². The molecule has 4 atom stereocenters. The van der Waals surface area contributed by atoms with E-state index in [9.17, 15) is 18.8 Å². The Balaban J connectivity index is 2.11. The minimum atomic E-state index is -1.34. The molecule has 2 fully saturated rings. The molecule has 1 aromatic rings. The molecule has 0 bridgehead atoms. The Kier molecular flexibility index (Phi) is 3.48. The van der Waals surface area contributed by atoms with Crippen LogP contribution in [0, 0.1) is 17.7 Å². The normalized spacial score (nSPS) is 33.0. The fourth-order valence-electron chi connectivity index (χ4n) is 3.67. The molecule has 1 aromatic carbocycles. The highest BCUT2D eigenvalue weighted by molar-refractivity contribution is 6.09. The maximum absolute atomic E-state index is 13.6. The molecule has 2 amide bonds. The minimum Gasteiger partial charge on any atom is -0.468 e. The van der Waals surface area contributed by atoms with E-state index >= 15 is 0 Å². The van der Waals surface area contributed by atoms with Gasteiger partial charge in [0.2, 0.25) is 11.8 Å². The van der Waals surface area contributed by atoms with Gasteiger partial charge in [0.05, 0.1) is 18.9 Å². The number of halogens is 1. The number of likely N-dealkylation sites (tertiary alicyclic amines) is 1. The fraction of sp³-hybridized carbons (Fsp3) is 0.438. The number of benzene rings is 1. The zero-order valence-corrected chi connectivity index (χ0v) is 13.0. The van der Waals surface area contributed by atoms with Crippen LogP contribution in [-0.4, -0.2) is 42.4 Å². The highest BCUT2D eigenvalue weighted by Gasteiger charge is 2.66. The molecule has 0 radical (unpaired) electrons. The van der Waals surface area contributed by atoms with E-state index in [1.54, 1.807) is 13.0 Å². The molecule has 2 saturated heterocycles. The smallest absolute Gasteiger partial charge is 0.326 e. The van der Waals surface area contributed by atoms with Crippen LogP contribution < -0.4 is 5.32 Å². The number of nitrogens with one attached hydrogen (secondary N) is 1. The van der Waals surface area contributed by atoms with Crippen LogP contribution in [-0.2, 0) is 19.1 Å². The summed E-state index contributed by atoms with van der Waals surface area (Å²) in [4.78, 5) is 38.2. The number of fused-ring (bicyclic) bond motifs is 1. The summed E-state index contributed by atoms with van der Waals surface area (Å²) in [6, 6.07) is 5.15. The van der Waals surface area contributed by atoms with Crippen molar-refractivity contribution in [2.75, 3.05) is 14.2 Å². The number of hydrogen-bond donors (Lipinski definition) is 1. The lowest BCUT2D eigenvalue weighted by Crippen LogP contribution is -2.53. The molecule has 2 heterocycles. The van der Waals surface area contributed by atoms with Crippen LogP contribution in [0.3, 0.4) is 0 Å². The Bertz CT molecular complexity index is 707. The largest absolute Gasteiger partial charge is 0.468 e. The summed E-state index contributed by atoms with van der Waals surface area (Å²) in [5.41, 5.74) is -0.822. The van der Waals surface area contributed by atoms with Crippen molar-refractivity contribution in [3.8, 4) is 0 Å². The first-order valence-corrected chi connectivity index (χ1v) is 7.24. The molecule has 0 aromatic heterocycles. The van der Waals surface area contributed by atoms with Gasteiger partial charge in [-0.3, -0.25) is 24.6 Å². The van der Waals surface area contributed by atoms with Gasteiger partial charge in [0.15, 0.2) is 0 Å². The van der Waals surface area contributed by atoms with E-state index in [4.69, 9.17) is 4.74 Å². The van der Waals surface area contributed by atoms with Crippen LogP contribution in [0.15, 0.2) is 24.3 Å². The fourth-order valence-corrected chi connectivity index (χ4v) is 3.67. The summed E-state index contributed by atoms with van der Waals surface area (Å²) >= 11 is 0. The summed E-state index contributed by atoms with van der Waals surface area (Å²) in [5, 5.41) is 3.04. The van der Waals surface area contributed by atoms with Gasteiger partial charge in [-0.15, -0.1) is 0 Å². The predicted octanol–water partition coefficient (Wildman–Crippen LogP) is 0.633. The van der Waals surface area contributed by atoms with Gasteiger partial charge in [-0.2, -0.15) is 0 Å². The first kappa shape index (κ1) is 15.6. The molecule has 3 rings (SSSR count). The number of esters is 1. The van der Waals surface area contributed by atoms with Crippen molar-refractivity contribution in [1.29, 1.82) is 0 Å². The van der Waals surface area contributed by atoms with Crippen LogP contribution in [0.4, 0.5) is 4.39 Å². The number of carbonyl (C=O) groups excluding carboxylic acids is 3. The summed E-state index contributed by atoms with van der Waals surface area (Å²) in [6.45, 7) is 1.54. The molecule has 1 N–H and O–H groups in total. The van der Waals surface area contributed by atoms with E-state index in [0.29, 0.717) is 5.56 Å². The Morgan fingerprint density at radius 1 is 1.35 bits per heavy atom. The number of amides is 2. The van der Waals surface area contributed by atoms with Crippen molar-refractivity contribution >= 4 is 17.8 Å². The van der Waals surface area contributed by atoms with Gasteiger partial charge in [-0.05, 0) is 24.6 Å². The van der Waals surface area contributed by atoms with Crippen molar-refractivity contribution in [1.82, 2.24) is 10.2 Å². The zero-order valence-electron chi connectivity index (χ0n) is 13.0. The lowest BCUT2D eigenvalue weighted by atomic mass is 9.80. The Morgan fingerprint density at radius 3 is 2.65 bits per heavy atom. The van der Waals surface area contributed by atoms with Crippen LogP contribution in [0.1, 0.15) is 18.5 Å². The van der Waals surface area contributed by atoms with Crippen LogP contribution in [0.2, 0.25) is 0 Å². The summed E-state index contributed by atoms with van der Waals surface area (Å²) in [6.07, 6.45) is 0. The number of carbonyl (C=O) groups is 3. The third-order valence-electron chi connectivity index (χ3n) is 4.83. The third-order valence-corrected chi connectivity index (χ3v) is 4.83. The van der Waals surface area contributed by atoms with Gasteiger partial charge in [0, 0.05) is 13.1 Å². The van der Waals surface area contributed by atoms with Crippen molar-refractivity contribution in [3.63, 3.8) is 0 Å². The molecule has 6 nitrogen and oxygen atoms in total. The molecule has 0 saturated carbocycles. The van der Waals surface area contributed by atoms with E-state index < -0.39 is 41.1 Å². The van der Waals surface area contributed by atoms with Crippen LogP contribution in [0.5, 0.6) is 0 Å². The highest BCUT2D eigenvalue weighted by atomic mass is 19.1. The molecule has 7 heteroatoms. The van der Waals surface area contributed by atoms with Crippen molar-refractivity contribution in [3.05, 3.63) is 35.6 Å². The molecule has 0 unspecified atom stereocenters. The van der Waals surface area contributed by atoms with Gasteiger partial charge in [0.1, 0.15) is 11.4 Å². The number of nitrogens with zero attached hydrogens (tertiary/aromatic N) is 1. The second-order valence-corrected chi connectivity index (χ2v) is 6.11. The number of imide groups is 1. The molecule has 2 aliphatic heterocycles. The summed E-state index contributed by atoms with van der Waals surface area (Å²) in [5.74, 6) is -3.52. The minimum absolute atomic E-state index is 0.380. The molecular weight excluding hydrogens is 303 g/mol. The molecule has 122 valence electrons. The van der Waals surface area contributed by atoms with Crippen molar-refractivity contribution in [2.24, 2.45) is 11.8 Å². The predicted molar refractivity (Wildman–Crippen MR) is 77.5 cm³/mol. The van der Waals surface area contributed by atoms with E-state index in [1.165, 1.54) is 32.4 Å². The third kappa shape index (κ3) is 2.07. The Labute approximate surface area is 132 Å². The topological polar surface area (TPSA) is 75.7 Å². The van der Waals surface area contributed by atoms with Crippen molar-refractivity contribution in [2.45, 2.75) is 18.5 Å². The van der Waals surface area contributed by atoms with E-state index in [1.807, 2.05) is 0 Å². The molecule has 0 aliphatic carbocycles. The quantitative estimate of drug-likeness (QED) is 0.639. The SMILES string of the molecule is COC(=O)[C@@]1(C)N[C@@H](c2cccc(F)c2)[C@H]2C(=O)N(C)C(=O)[C@@H]21. The lowest BCUT2D eigenvalue weighted by Gasteiger charge is -2.27. The number of rotatable bonds is 2. The maximum atomic E-state index is 13.6. The van der Waals surface area contributed by atoms with Gasteiger partial charge in [0.25, 0.3) is 0 Å². The monoisotopic (exact) mass is 320 g/mol. The first-order chi connectivity index (χ1) is 10.8. The zero-order chi connectivity index (χ0) is 16.9. The second-order valence-electron chi connectivity index (χ2n) is 6.11. The average molecular weight is 320 g/mol. The number of methoxy groups -OCH3 is 1. The Hall–Kier alpha value is -2.28. The van der Waals surface area contributed by atoms with Gasteiger partial charge >= 0.3 is 5.97 Å². The number of hydrogen-bond acceptors (Lipinski definition) is 5. The summed E-state index contributed by atoms with van der Waals surface area (Å²) < 4.78 is 18.4. The molecule has 0 spiro atoms. The van der Waals surface area contributed by atoms with Crippen molar-refractivity contribution < 1.29 is 23.5 Å². The first-order valence-electron chi connectivity index (χ1n) is 7.24. The average Bonchev–Trinajstić information content (AvgIpc) is 2.97. The second kappa shape index (κ2) is 5.13. The molecular formula is C16H17FN2O4.